The predicted molar refractivity (Wildman–Crippen MR) is 116 cm³/mol. The maximum Gasteiger partial charge on any atom is 0.242 e. The van der Waals surface area contributed by atoms with Crippen LogP contribution in [0.25, 0.3) is 0 Å². The van der Waals surface area contributed by atoms with Crippen molar-refractivity contribution in [2.24, 2.45) is 5.92 Å². The van der Waals surface area contributed by atoms with E-state index < -0.39 is 0 Å². The fraction of sp³-hybridized carbons (Fsp3) is 0.458. The van der Waals surface area contributed by atoms with Crippen LogP contribution in [0, 0.1) is 5.92 Å². The Kier molecular flexibility index (Phi) is 6.25. The molecule has 160 valence electrons. The molecule has 3 N–H and O–H groups in total. The number of aromatic hydroxyl groups is 1. The van der Waals surface area contributed by atoms with Crippen molar-refractivity contribution in [3.63, 3.8) is 0 Å². The topological polar surface area (TPSA) is 73.8 Å². The SMILES string of the molecule is CCCCCOc1ccc(C2C3C(NNC3c3ccccc3O)C(=O)N2CC)cc1. The lowest BCUT2D eigenvalue weighted by Gasteiger charge is -2.30. The molecule has 0 spiro atoms. The molecule has 4 atom stereocenters. The van der Waals surface area contributed by atoms with Crippen LogP contribution in [0.3, 0.4) is 0 Å². The number of hydrogen-bond donors (Lipinski definition) is 3. The molecule has 2 aromatic carbocycles. The van der Waals surface area contributed by atoms with E-state index in [0.29, 0.717) is 6.54 Å². The van der Waals surface area contributed by atoms with Crippen molar-refractivity contribution in [1.29, 1.82) is 0 Å². The molecule has 2 heterocycles. The van der Waals surface area contributed by atoms with Gasteiger partial charge in [-0.05, 0) is 37.1 Å². The molecule has 0 aliphatic carbocycles. The number of carbonyl (C=O) groups is 1. The zero-order valence-electron chi connectivity index (χ0n) is 17.7. The van der Waals surface area contributed by atoms with Crippen LogP contribution in [0.15, 0.2) is 48.5 Å². The number of hydrogen-bond acceptors (Lipinski definition) is 5. The van der Waals surface area contributed by atoms with Crippen LogP contribution in [0.1, 0.15) is 56.3 Å². The molecule has 2 aliphatic heterocycles. The number of rotatable bonds is 8. The van der Waals surface area contributed by atoms with Gasteiger partial charge in [0.25, 0.3) is 0 Å². The van der Waals surface area contributed by atoms with Gasteiger partial charge in [0.2, 0.25) is 5.91 Å². The summed E-state index contributed by atoms with van der Waals surface area (Å²) in [5.74, 6) is 1.17. The van der Waals surface area contributed by atoms with Crippen molar-refractivity contribution in [2.45, 2.75) is 51.2 Å². The number of phenols is 1. The molecule has 0 radical (unpaired) electrons. The van der Waals surface area contributed by atoms with E-state index >= 15 is 0 Å². The average Bonchev–Trinajstić information content (AvgIpc) is 3.31. The van der Waals surface area contributed by atoms with Gasteiger partial charge < -0.3 is 14.7 Å². The molecule has 0 aromatic heterocycles. The van der Waals surface area contributed by atoms with Gasteiger partial charge in [0.1, 0.15) is 17.5 Å². The van der Waals surface area contributed by atoms with Gasteiger partial charge in [0.05, 0.1) is 18.7 Å². The third-order valence-electron chi connectivity index (χ3n) is 6.26. The third kappa shape index (κ3) is 3.77. The molecule has 2 aliphatic rings. The summed E-state index contributed by atoms with van der Waals surface area (Å²) >= 11 is 0. The second kappa shape index (κ2) is 9.06. The van der Waals surface area contributed by atoms with Gasteiger partial charge in [-0.25, -0.2) is 10.9 Å². The predicted octanol–water partition coefficient (Wildman–Crippen LogP) is 3.70. The van der Waals surface area contributed by atoms with E-state index in [-0.39, 0.29) is 35.7 Å². The minimum atomic E-state index is -0.315. The van der Waals surface area contributed by atoms with Gasteiger partial charge in [0, 0.05) is 18.0 Å². The lowest BCUT2D eigenvalue weighted by Crippen LogP contribution is -2.41. The molecule has 6 heteroatoms. The summed E-state index contributed by atoms with van der Waals surface area (Å²) in [7, 11) is 0. The van der Waals surface area contributed by atoms with Gasteiger partial charge >= 0.3 is 0 Å². The number of likely N-dealkylation sites (tertiary alicyclic amines) is 1. The molecule has 2 fully saturated rings. The summed E-state index contributed by atoms with van der Waals surface area (Å²) in [4.78, 5) is 15.0. The van der Waals surface area contributed by atoms with Crippen molar-refractivity contribution in [3.05, 3.63) is 59.7 Å². The van der Waals surface area contributed by atoms with E-state index in [4.69, 9.17) is 4.74 Å². The lowest BCUT2D eigenvalue weighted by molar-refractivity contribution is -0.130. The molecular weight excluding hydrogens is 378 g/mol. The molecule has 4 unspecified atom stereocenters. The van der Waals surface area contributed by atoms with Gasteiger partial charge in [-0.1, -0.05) is 50.1 Å². The van der Waals surface area contributed by atoms with Gasteiger partial charge in [0.15, 0.2) is 0 Å². The van der Waals surface area contributed by atoms with Gasteiger partial charge in [-0.15, -0.1) is 0 Å². The molecule has 4 rings (SSSR count). The van der Waals surface area contributed by atoms with Crippen LogP contribution in [0.5, 0.6) is 11.5 Å². The Morgan fingerprint density at radius 1 is 1.00 bits per heavy atom. The zero-order chi connectivity index (χ0) is 21.1. The minimum Gasteiger partial charge on any atom is -0.508 e. The van der Waals surface area contributed by atoms with Crippen LogP contribution in [0.2, 0.25) is 0 Å². The molecule has 1 amide bonds. The Morgan fingerprint density at radius 2 is 1.73 bits per heavy atom. The highest BCUT2D eigenvalue weighted by molar-refractivity contribution is 5.86. The van der Waals surface area contributed by atoms with Crippen molar-refractivity contribution >= 4 is 5.91 Å². The van der Waals surface area contributed by atoms with E-state index in [1.54, 1.807) is 6.07 Å². The highest BCUT2D eigenvalue weighted by Crippen LogP contribution is 2.48. The van der Waals surface area contributed by atoms with E-state index in [9.17, 15) is 9.90 Å². The minimum absolute atomic E-state index is 0.0259. The summed E-state index contributed by atoms with van der Waals surface area (Å²) in [6, 6.07) is 14.9. The quantitative estimate of drug-likeness (QED) is 0.580. The Morgan fingerprint density at radius 3 is 2.43 bits per heavy atom. The number of amides is 1. The highest BCUT2D eigenvalue weighted by Gasteiger charge is 2.55. The molecule has 0 saturated carbocycles. The molecule has 6 nitrogen and oxygen atoms in total. The number of hydrazine groups is 1. The number of nitrogens with one attached hydrogen (secondary N) is 2. The lowest BCUT2D eigenvalue weighted by atomic mass is 9.83. The Hall–Kier alpha value is -2.57. The van der Waals surface area contributed by atoms with Crippen molar-refractivity contribution in [1.82, 2.24) is 15.8 Å². The van der Waals surface area contributed by atoms with Crippen LogP contribution in [-0.2, 0) is 4.79 Å². The molecule has 2 saturated heterocycles. The number of nitrogens with zero attached hydrogens (tertiary/aromatic N) is 1. The first kappa shape index (κ1) is 20.7. The Bertz CT molecular complexity index is 870. The van der Waals surface area contributed by atoms with E-state index in [1.165, 1.54) is 12.8 Å². The molecule has 30 heavy (non-hydrogen) atoms. The summed E-state index contributed by atoms with van der Waals surface area (Å²) in [6.45, 7) is 5.56. The van der Waals surface area contributed by atoms with Crippen LogP contribution in [-0.4, -0.2) is 35.1 Å². The normalized spacial score (nSPS) is 25.5. The fourth-order valence-corrected chi connectivity index (χ4v) is 4.77. The van der Waals surface area contributed by atoms with Gasteiger partial charge in [-0.2, -0.15) is 0 Å². The van der Waals surface area contributed by atoms with Crippen molar-refractivity contribution in [2.75, 3.05) is 13.2 Å². The average molecular weight is 410 g/mol. The van der Waals surface area contributed by atoms with Crippen LogP contribution in [0.4, 0.5) is 0 Å². The number of benzene rings is 2. The maximum atomic E-state index is 13.1. The van der Waals surface area contributed by atoms with Gasteiger partial charge in [-0.3, -0.25) is 4.79 Å². The molecule has 0 bridgehead atoms. The van der Waals surface area contributed by atoms with Crippen LogP contribution < -0.4 is 15.6 Å². The number of para-hydroxylation sites is 1. The standard InChI is InChI=1S/C24H31N3O3/c1-3-5-8-15-30-17-13-11-16(12-14-17)23-20-21(18-9-6-7-10-19(18)28)25-26-22(20)24(29)27(23)4-2/h6-7,9-14,20-23,25-26,28H,3-5,8,15H2,1-2H3. The second-order valence-electron chi connectivity index (χ2n) is 8.07. The Balaban J connectivity index is 1.60. The van der Waals surface area contributed by atoms with Crippen molar-refractivity contribution in [3.8, 4) is 11.5 Å². The number of fused-ring (bicyclic) bond motifs is 1. The number of ether oxygens (including phenoxy) is 1. The number of carbonyl (C=O) groups excluding carboxylic acids is 1. The fourth-order valence-electron chi connectivity index (χ4n) is 4.77. The number of unbranched alkanes of at least 4 members (excludes halogenated alkanes) is 2. The molecule has 2 aromatic rings. The van der Waals surface area contributed by atoms with E-state index in [2.05, 4.69) is 29.9 Å². The molecular formula is C24H31N3O3. The zero-order valence-corrected chi connectivity index (χ0v) is 17.7. The summed E-state index contributed by atoms with van der Waals surface area (Å²) in [5.41, 5.74) is 8.34. The van der Waals surface area contributed by atoms with E-state index in [1.807, 2.05) is 42.2 Å². The second-order valence-corrected chi connectivity index (χ2v) is 8.07. The van der Waals surface area contributed by atoms with Crippen molar-refractivity contribution < 1.29 is 14.6 Å². The first-order chi connectivity index (χ1) is 14.7. The summed E-state index contributed by atoms with van der Waals surface area (Å²) in [6.07, 6.45) is 3.40. The first-order valence-corrected chi connectivity index (χ1v) is 11.0. The number of phenolic OH excluding ortho intramolecular Hbond substituents is 1. The van der Waals surface area contributed by atoms with E-state index in [0.717, 1.165) is 29.9 Å². The smallest absolute Gasteiger partial charge is 0.242 e. The third-order valence-corrected chi connectivity index (χ3v) is 6.26. The summed E-state index contributed by atoms with van der Waals surface area (Å²) in [5, 5.41) is 10.4. The summed E-state index contributed by atoms with van der Waals surface area (Å²) < 4.78 is 5.85. The Labute approximate surface area is 178 Å². The number of likely N-dealkylation sites (N-methyl/N-ethyl adjacent to an activating group) is 1. The largest absolute Gasteiger partial charge is 0.508 e. The highest BCUT2D eigenvalue weighted by atomic mass is 16.5. The first-order valence-electron chi connectivity index (χ1n) is 11.0. The monoisotopic (exact) mass is 409 g/mol. The van der Waals surface area contributed by atoms with Crippen LogP contribution >= 0.6 is 0 Å². The maximum absolute atomic E-state index is 13.1.